The van der Waals surface area contributed by atoms with Gasteiger partial charge < -0.3 is 14.5 Å². The van der Waals surface area contributed by atoms with Gasteiger partial charge in [0.1, 0.15) is 0 Å². The van der Waals surface area contributed by atoms with Gasteiger partial charge in [-0.25, -0.2) is 4.79 Å². The van der Waals surface area contributed by atoms with Crippen LogP contribution in [0.4, 0.5) is 21.9 Å². The molecular weight excluding hydrogens is 402 g/mol. The van der Waals surface area contributed by atoms with Crippen molar-refractivity contribution in [3.8, 4) is 0 Å². The number of hydrogen-bond acceptors (Lipinski definition) is 4. The van der Waals surface area contributed by atoms with Crippen LogP contribution in [0.2, 0.25) is 0 Å². The number of ether oxygens (including phenoxy) is 1. The standard InChI is InChI=1S/C26H31N3O3/c1-17(2)32-26(31)28-15-19(4)29(20(5)30)24-12-11-21(14-25(24)28)22-13-18(3)27(16-22)23-9-7-6-8-10-23/h6-12,14,17,19,22H,3,13,15-16H2,1-2,4-5H3/t19-,22?/m0/s1. The van der Waals surface area contributed by atoms with Gasteiger partial charge in [-0.05, 0) is 57.0 Å². The lowest BCUT2D eigenvalue weighted by Gasteiger charge is -2.40. The summed E-state index contributed by atoms with van der Waals surface area (Å²) in [6.45, 7) is 12.7. The van der Waals surface area contributed by atoms with Crippen molar-refractivity contribution in [3.63, 3.8) is 0 Å². The third-order valence-corrected chi connectivity index (χ3v) is 6.14. The van der Waals surface area contributed by atoms with Crippen LogP contribution in [0.15, 0.2) is 60.8 Å². The van der Waals surface area contributed by atoms with E-state index in [9.17, 15) is 9.59 Å². The van der Waals surface area contributed by atoms with E-state index in [1.54, 1.807) is 16.7 Å². The molecule has 2 heterocycles. The largest absolute Gasteiger partial charge is 0.446 e. The molecule has 1 fully saturated rings. The molecule has 6 heteroatoms. The van der Waals surface area contributed by atoms with E-state index < -0.39 is 0 Å². The van der Waals surface area contributed by atoms with Gasteiger partial charge in [-0.15, -0.1) is 0 Å². The summed E-state index contributed by atoms with van der Waals surface area (Å²) in [5.74, 6) is 0.217. The van der Waals surface area contributed by atoms with E-state index in [0.29, 0.717) is 6.54 Å². The molecule has 6 nitrogen and oxygen atoms in total. The first-order chi connectivity index (χ1) is 15.3. The fourth-order valence-electron chi connectivity index (χ4n) is 4.74. The second-order valence-electron chi connectivity index (χ2n) is 8.94. The second-order valence-corrected chi connectivity index (χ2v) is 8.94. The lowest BCUT2D eigenvalue weighted by Crippen LogP contribution is -2.51. The molecule has 2 aromatic rings. The topological polar surface area (TPSA) is 53.1 Å². The summed E-state index contributed by atoms with van der Waals surface area (Å²) in [5, 5.41) is 0. The van der Waals surface area contributed by atoms with Crippen LogP contribution in [-0.2, 0) is 9.53 Å². The number of allylic oxidation sites excluding steroid dienone is 1. The minimum atomic E-state index is -0.379. The summed E-state index contributed by atoms with van der Waals surface area (Å²) in [7, 11) is 0. The fourth-order valence-corrected chi connectivity index (χ4v) is 4.74. The number of benzene rings is 2. The summed E-state index contributed by atoms with van der Waals surface area (Å²) in [6.07, 6.45) is 0.250. The first kappa shape index (κ1) is 21.9. The molecule has 0 aromatic heterocycles. The molecule has 0 saturated carbocycles. The van der Waals surface area contributed by atoms with Gasteiger partial charge in [0.25, 0.3) is 0 Å². The van der Waals surface area contributed by atoms with Crippen molar-refractivity contribution < 1.29 is 14.3 Å². The van der Waals surface area contributed by atoms with Crippen molar-refractivity contribution in [3.05, 3.63) is 66.4 Å². The number of fused-ring (bicyclic) bond motifs is 1. The quantitative estimate of drug-likeness (QED) is 0.659. The maximum absolute atomic E-state index is 12.9. The molecule has 168 valence electrons. The van der Waals surface area contributed by atoms with Crippen LogP contribution in [0.25, 0.3) is 0 Å². The molecule has 4 rings (SSSR count). The minimum absolute atomic E-state index is 0.0344. The molecule has 2 aliphatic heterocycles. The Morgan fingerprint density at radius 3 is 2.44 bits per heavy atom. The van der Waals surface area contributed by atoms with Crippen molar-refractivity contribution in [2.45, 2.75) is 52.2 Å². The van der Waals surface area contributed by atoms with Crippen molar-refractivity contribution in [2.75, 3.05) is 27.8 Å². The minimum Gasteiger partial charge on any atom is -0.446 e. The number of carbonyl (C=O) groups excluding carboxylic acids is 2. The normalized spacial score (nSPS) is 20.5. The fraction of sp³-hybridized carbons (Fsp3) is 0.385. The Morgan fingerprint density at radius 1 is 1.06 bits per heavy atom. The van der Waals surface area contributed by atoms with Crippen LogP contribution in [0.5, 0.6) is 0 Å². The maximum atomic E-state index is 12.9. The average molecular weight is 434 g/mol. The predicted molar refractivity (Wildman–Crippen MR) is 128 cm³/mol. The van der Waals surface area contributed by atoms with Crippen LogP contribution in [0.3, 0.4) is 0 Å². The summed E-state index contributed by atoms with van der Waals surface area (Å²) in [4.78, 5) is 31.0. The van der Waals surface area contributed by atoms with Crippen LogP contribution >= 0.6 is 0 Å². The smallest absolute Gasteiger partial charge is 0.414 e. The van der Waals surface area contributed by atoms with Crippen molar-refractivity contribution >= 4 is 29.1 Å². The number of para-hydroxylation sites is 1. The van der Waals surface area contributed by atoms with E-state index in [2.05, 4.69) is 29.7 Å². The zero-order valence-corrected chi connectivity index (χ0v) is 19.2. The van der Waals surface area contributed by atoms with Gasteiger partial charge in [0, 0.05) is 37.3 Å². The molecule has 0 bridgehead atoms. The van der Waals surface area contributed by atoms with E-state index in [1.165, 1.54) is 0 Å². The van der Waals surface area contributed by atoms with Crippen LogP contribution in [0.1, 0.15) is 45.6 Å². The number of anilines is 3. The molecule has 0 radical (unpaired) electrons. The van der Waals surface area contributed by atoms with Crippen LogP contribution in [0, 0.1) is 0 Å². The SMILES string of the molecule is C=C1CC(c2ccc3c(c2)N(C(=O)OC(C)C)C[C@H](C)N3C(C)=O)CN1c1ccccc1. The maximum Gasteiger partial charge on any atom is 0.414 e. The molecule has 2 atom stereocenters. The van der Waals surface area contributed by atoms with Gasteiger partial charge >= 0.3 is 6.09 Å². The molecule has 2 aromatic carbocycles. The van der Waals surface area contributed by atoms with Gasteiger partial charge in [0.2, 0.25) is 5.91 Å². The Balaban J connectivity index is 1.68. The molecule has 32 heavy (non-hydrogen) atoms. The van der Waals surface area contributed by atoms with E-state index in [0.717, 1.165) is 41.3 Å². The molecule has 2 amide bonds. The summed E-state index contributed by atoms with van der Waals surface area (Å²) >= 11 is 0. The second kappa shape index (κ2) is 8.69. The van der Waals surface area contributed by atoms with Crippen molar-refractivity contribution in [1.82, 2.24) is 0 Å². The van der Waals surface area contributed by atoms with Crippen molar-refractivity contribution in [2.24, 2.45) is 0 Å². The Kier molecular flexibility index (Phi) is 5.96. The Hall–Kier alpha value is -3.28. The van der Waals surface area contributed by atoms with E-state index in [4.69, 9.17) is 4.74 Å². The first-order valence-electron chi connectivity index (χ1n) is 11.2. The number of rotatable bonds is 3. The zero-order chi connectivity index (χ0) is 23.0. The van der Waals surface area contributed by atoms with Gasteiger partial charge in [0.05, 0.1) is 23.5 Å². The number of carbonyl (C=O) groups is 2. The van der Waals surface area contributed by atoms with Crippen molar-refractivity contribution in [1.29, 1.82) is 0 Å². The van der Waals surface area contributed by atoms with Crippen LogP contribution in [-0.4, -0.2) is 37.2 Å². The van der Waals surface area contributed by atoms with Gasteiger partial charge in [-0.3, -0.25) is 9.69 Å². The molecule has 0 spiro atoms. The third kappa shape index (κ3) is 4.09. The highest BCUT2D eigenvalue weighted by Crippen LogP contribution is 2.42. The van der Waals surface area contributed by atoms with E-state index in [-0.39, 0.29) is 30.1 Å². The third-order valence-electron chi connectivity index (χ3n) is 6.14. The Morgan fingerprint density at radius 2 is 1.78 bits per heavy atom. The molecule has 0 N–H and O–H groups in total. The lowest BCUT2D eigenvalue weighted by atomic mass is 9.95. The summed E-state index contributed by atoms with van der Waals surface area (Å²) < 4.78 is 5.51. The lowest BCUT2D eigenvalue weighted by molar-refractivity contribution is -0.117. The number of amides is 2. The highest BCUT2D eigenvalue weighted by atomic mass is 16.6. The van der Waals surface area contributed by atoms with E-state index >= 15 is 0 Å². The van der Waals surface area contributed by atoms with Gasteiger partial charge in [0.15, 0.2) is 0 Å². The zero-order valence-electron chi connectivity index (χ0n) is 19.2. The van der Waals surface area contributed by atoms with Crippen LogP contribution < -0.4 is 14.7 Å². The van der Waals surface area contributed by atoms with E-state index in [1.807, 2.05) is 51.1 Å². The Bertz CT molecular complexity index is 1030. The molecule has 0 aliphatic carbocycles. The first-order valence-corrected chi connectivity index (χ1v) is 11.2. The molecule has 2 aliphatic rings. The van der Waals surface area contributed by atoms with Gasteiger partial charge in [-0.2, -0.15) is 0 Å². The highest BCUT2D eigenvalue weighted by molar-refractivity contribution is 6.02. The average Bonchev–Trinajstić information content (AvgIpc) is 3.14. The predicted octanol–water partition coefficient (Wildman–Crippen LogP) is 5.30. The van der Waals surface area contributed by atoms with Gasteiger partial charge in [-0.1, -0.05) is 30.8 Å². The Labute approximate surface area is 190 Å². The summed E-state index contributed by atoms with van der Waals surface area (Å²) in [5.41, 5.74) is 4.82. The summed E-state index contributed by atoms with van der Waals surface area (Å²) in [6, 6.07) is 16.2. The monoisotopic (exact) mass is 433 g/mol. The molecular formula is C26H31N3O3. The number of nitrogens with zero attached hydrogens (tertiary/aromatic N) is 3. The molecule has 1 saturated heterocycles. The highest BCUT2D eigenvalue weighted by Gasteiger charge is 2.36. The molecule has 1 unspecified atom stereocenters. The number of hydrogen-bond donors (Lipinski definition) is 0.